The van der Waals surface area contributed by atoms with Gasteiger partial charge in [-0.05, 0) is 31.2 Å². The van der Waals surface area contributed by atoms with Gasteiger partial charge in [-0.25, -0.2) is 0 Å². The molecule has 2 heterocycles. The highest BCUT2D eigenvalue weighted by atomic mass is 32.1. The minimum atomic E-state index is 0.998. The lowest BCUT2D eigenvalue weighted by molar-refractivity contribution is 0.827. The Morgan fingerprint density at radius 2 is 1.50 bits per heavy atom. The second-order valence-electron chi connectivity index (χ2n) is 5.69. The first-order valence-corrected chi connectivity index (χ1v) is 8.51. The Bertz CT molecular complexity index is 1160. The normalized spacial score (nSPS) is 12.0. The Morgan fingerprint density at radius 1 is 0.727 bits per heavy atom. The standard InChI is InChI=1S/C20H15NS/c1-2-21-15-9-5-3-7-13(15)19-16(21)11-12-18-20(19)14-8-4-6-10-17(14)22-18/h3-12H,2H2,1H3. The van der Waals surface area contributed by atoms with E-state index >= 15 is 0 Å². The van der Waals surface area contributed by atoms with E-state index < -0.39 is 0 Å². The molecule has 5 rings (SSSR count). The number of benzene rings is 3. The van der Waals surface area contributed by atoms with Crippen LogP contribution in [-0.4, -0.2) is 4.57 Å². The molecule has 2 aromatic heterocycles. The third-order valence-corrected chi connectivity index (χ3v) is 5.73. The fraction of sp³-hybridized carbons (Fsp3) is 0.100. The van der Waals surface area contributed by atoms with Crippen LogP contribution in [0.5, 0.6) is 0 Å². The quantitative estimate of drug-likeness (QED) is 0.348. The minimum Gasteiger partial charge on any atom is -0.341 e. The highest BCUT2D eigenvalue weighted by Gasteiger charge is 2.15. The molecule has 22 heavy (non-hydrogen) atoms. The smallest absolute Gasteiger partial charge is 0.0498 e. The van der Waals surface area contributed by atoms with Gasteiger partial charge >= 0.3 is 0 Å². The Hall–Kier alpha value is -2.32. The van der Waals surface area contributed by atoms with Gasteiger partial charge in [0.1, 0.15) is 0 Å². The summed E-state index contributed by atoms with van der Waals surface area (Å²) in [5.74, 6) is 0. The summed E-state index contributed by atoms with van der Waals surface area (Å²) in [5.41, 5.74) is 2.68. The van der Waals surface area contributed by atoms with Crippen molar-refractivity contribution in [3.8, 4) is 0 Å². The van der Waals surface area contributed by atoms with Crippen LogP contribution in [0.2, 0.25) is 0 Å². The molecular formula is C20H15NS. The van der Waals surface area contributed by atoms with Gasteiger partial charge in [0.2, 0.25) is 0 Å². The van der Waals surface area contributed by atoms with E-state index in [-0.39, 0.29) is 0 Å². The summed E-state index contributed by atoms with van der Waals surface area (Å²) in [6.07, 6.45) is 0. The number of para-hydroxylation sites is 1. The van der Waals surface area contributed by atoms with E-state index in [0.29, 0.717) is 0 Å². The first-order valence-electron chi connectivity index (χ1n) is 7.69. The molecule has 5 aromatic rings. The van der Waals surface area contributed by atoms with E-state index in [1.807, 2.05) is 11.3 Å². The number of thiophene rings is 1. The molecular weight excluding hydrogens is 286 g/mol. The molecule has 0 aliphatic carbocycles. The SMILES string of the molecule is CCn1c2ccccc2c2c3c(ccc21)sc1ccccc13. The number of aryl methyl sites for hydroxylation is 1. The van der Waals surface area contributed by atoms with Crippen LogP contribution >= 0.6 is 11.3 Å². The predicted molar refractivity (Wildman–Crippen MR) is 98.0 cm³/mol. The molecule has 0 aliphatic rings. The van der Waals surface area contributed by atoms with Crippen LogP contribution in [-0.2, 0) is 6.54 Å². The summed E-state index contributed by atoms with van der Waals surface area (Å²) in [6.45, 7) is 3.22. The van der Waals surface area contributed by atoms with Crippen molar-refractivity contribution in [3.05, 3.63) is 60.7 Å². The Balaban J connectivity index is 2.17. The van der Waals surface area contributed by atoms with E-state index in [0.717, 1.165) is 6.54 Å². The fourth-order valence-corrected chi connectivity index (χ4v) is 4.81. The van der Waals surface area contributed by atoms with Crippen molar-refractivity contribution in [3.63, 3.8) is 0 Å². The molecule has 0 saturated heterocycles. The van der Waals surface area contributed by atoms with Crippen molar-refractivity contribution in [2.75, 3.05) is 0 Å². The highest BCUT2D eigenvalue weighted by molar-refractivity contribution is 7.26. The fourth-order valence-electron chi connectivity index (χ4n) is 3.69. The lowest BCUT2D eigenvalue weighted by Crippen LogP contribution is -1.92. The topological polar surface area (TPSA) is 4.93 Å². The minimum absolute atomic E-state index is 0.998. The van der Waals surface area contributed by atoms with Crippen molar-refractivity contribution in [2.45, 2.75) is 13.5 Å². The van der Waals surface area contributed by atoms with Gasteiger partial charge in [0.25, 0.3) is 0 Å². The predicted octanol–water partition coefficient (Wildman–Crippen LogP) is 6.18. The third kappa shape index (κ3) is 1.43. The van der Waals surface area contributed by atoms with Gasteiger partial charge in [-0.1, -0.05) is 36.4 Å². The van der Waals surface area contributed by atoms with Crippen LogP contribution in [0.15, 0.2) is 60.7 Å². The Morgan fingerprint density at radius 3 is 2.36 bits per heavy atom. The Kier molecular flexibility index (Phi) is 2.42. The molecule has 0 spiro atoms. The van der Waals surface area contributed by atoms with Crippen LogP contribution in [0.25, 0.3) is 42.0 Å². The summed E-state index contributed by atoms with van der Waals surface area (Å²) >= 11 is 1.89. The van der Waals surface area contributed by atoms with Gasteiger partial charge in [0.15, 0.2) is 0 Å². The van der Waals surface area contributed by atoms with Crippen LogP contribution in [0.1, 0.15) is 6.92 Å². The first-order chi connectivity index (χ1) is 10.9. The maximum absolute atomic E-state index is 2.43. The number of aromatic nitrogens is 1. The highest BCUT2D eigenvalue weighted by Crippen LogP contribution is 2.42. The van der Waals surface area contributed by atoms with Crippen molar-refractivity contribution in [2.24, 2.45) is 0 Å². The number of hydrogen-bond donors (Lipinski definition) is 0. The molecule has 2 heteroatoms. The number of fused-ring (bicyclic) bond motifs is 7. The van der Waals surface area contributed by atoms with E-state index in [4.69, 9.17) is 0 Å². The van der Waals surface area contributed by atoms with Gasteiger partial charge in [0, 0.05) is 48.5 Å². The zero-order valence-corrected chi connectivity index (χ0v) is 13.2. The number of hydrogen-bond acceptors (Lipinski definition) is 1. The second-order valence-corrected chi connectivity index (χ2v) is 6.78. The van der Waals surface area contributed by atoms with Gasteiger partial charge in [0.05, 0.1) is 0 Å². The molecule has 0 aliphatic heterocycles. The van der Waals surface area contributed by atoms with Gasteiger partial charge in [-0.2, -0.15) is 0 Å². The molecule has 0 bridgehead atoms. The van der Waals surface area contributed by atoms with Gasteiger partial charge < -0.3 is 4.57 Å². The summed E-state index contributed by atoms with van der Waals surface area (Å²) in [6, 6.07) is 22.1. The molecule has 0 N–H and O–H groups in total. The zero-order chi connectivity index (χ0) is 14.7. The average Bonchev–Trinajstić information content (AvgIpc) is 3.09. The molecule has 0 unspecified atom stereocenters. The van der Waals surface area contributed by atoms with Crippen LogP contribution < -0.4 is 0 Å². The Labute approximate surface area is 132 Å². The zero-order valence-electron chi connectivity index (χ0n) is 12.3. The number of nitrogens with zero attached hydrogens (tertiary/aromatic N) is 1. The van der Waals surface area contributed by atoms with Crippen LogP contribution in [0, 0.1) is 0 Å². The van der Waals surface area contributed by atoms with E-state index in [9.17, 15) is 0 Å². The average molecular weight is 301 g/mol. The van der Waals surface area contributed by atoms with Crippen LogP contribution in [0.3, 0.4) is 0 Å². The van der Waals surface area contributed by atoms with Gasteiger partial charge in [-0.3, -0.25) is 0 Å². The van der Waals surface area contributed by atoms with Gasteiger partial charge in [-0.15, -0.1) is 11.3 Å². The monoisotopic (exact) mass is 301 g/mol. The van der Waals surface area contributed by atoms with Crippen molar-refractivity contribution in [1.82, 2.24) is 4.57 Å². The molecule has 0 amide bonds. The van der Waals surface area contributed by atoms with E-state index in [1.165, 1.54) is 42.0 Å². The molecule has 0 fully saturated rings. The molecule has 1 nitrogen and oxygen atoms in total. The first kappa shape index (κ1) is 12.2. The van der Waals surface area contributed by atoms with E-state index in [1.54, 1.807) is 0 Å². The number of rotatable bonds is 1. The molecule has 0 saturated carbocycles. The molecule has 0 radical (unpaired) electrons. The summed E-state index contributed by atoms with van der Waals surface area (Å²) < 4.78 is 5.18. The molecule has 106 valence electrons. The largest absolute Gasteiger partial charge is 0.341 e. The second kappa shape index (κ2) is 4.34. The van der Waals surface area contributed by atoms with Crippen LogP contribution in [0.4, 0.5) is 0 Å². The molecule has 0 atom stereocenters. The maximum Gasteiger partial charge on any atom is 0.0498 e. The van der Waals surface area contributed by atoms with Crippen molar-refractivity contribution >= 4 is 53.3 Å². The van der Waals surface area contributed by atoms with Crippen molar-refractivity contribution < 1.29 is 0 Å². The van der Waals surface area contributed by atoms with E-state index in [2.05, 4.69) is 72.2 Å². The summed E-state index contributed by atoms with van der Waals surface area (Å²) in [4.78, 5) is 0. The lowest BCUT2D eigenvalue weighted by atomic mass is 10.1. The third-order valence-electron chi connectivity index (χ3n) is 4.59. The molecule has 3 aromatic carbocycles. The summed E-state index contributed by atoms with van der Waals surface area (Å²) in [7, 11) is 0. The maximum atomic E-state index is 2.43. The summed E-state index contributed by atoms with van der Waals surface area (Å²) in [5, 5.41) is 5.58. The lowest BCUT2D eigenvalue weighted by Gasteiger charge is -2.02. The van der Waals surface area contributed by atoms with Crippen molar-refractivity contribution in [1.29, 1.82) is 0 Å².